The van der Waals surface area contributed by atoms with Crippen molar-refractivity contribution in [3.8, 4) is 5.75 Å². The highest BCUT2D eigenvalue weighted by Crippen LogP contribution is 2.24. The van der Waals surface area contributed by atoms with Crippen LogP contribution in [0.3, 0.4) is 0 Å². The van der Waals surface area contributed by atoms with Crippen LogP contribution in [-0.4, -0.2) is 29.5 Å². The fourth-order valence-corrected chi connectivity index (χ4v) is 2.82. The zero-order valence-electron chi connectivity index (χ0n) is 11.6. The van der Waals surface area contributed by atoms with Gasteiger partial charge in [-0.05, 0) is 24.8 Å². The number of carbonyl (C=O) groups excluding carboxylic acids is 1. The Morgan fingerprint density at radius 3 is 2.63 bits per heavy atom. The highest BCUT2D eigenvalue weighted by molar-refractivity contribution is 5.79. The molecule has 3 nitrogen and oxygen atoms in total. The maximum Gasteiger partial charge on any atom is 0.226 e. The third kappa shape index (κ3) is 3.98. The molecule has 1 fully saturated rings. The van der Waals surface area contributed by atoms with E-state index in [4.69, 9.17) is 0 Å². The van der Waals surface area contributed by atoms with Gasteiger partial charge in [0.15, 0.2) is 0 Å². The first-order valence-electron chi connectivity index (χ1n) is 7.17. The van der Waals surface area contributed by atoms with Crippen LogP contribution < -0.4 is 0 Å². The van der Waals surface area contributed by atoms with Gasteiger partial charge in [0, 0.05) is 19.2 Å². The Morgan fingerprint density at radius 1 is 1.26 bits per heavy atom. The maximum atomic E-state index is 12.2. The largest absolute Gasteiger partial charge is 0.508 e. The fourth-order valence-electron chi connectivity index (χ4n) is 2.82. The molecule has 1 saturated carbocycles. The van der Waals surface area contributed by atoms with Crippen LogP contribution in [0.25, 0.3) is 0 Å². The molecule has 1 amide bonds. The van der Waals surface area contributed by atoms with Gasteiger partial charge in [0.2, 0.25) is 5.91 Å². The number of aromatic hydroxyl groups is 1. The first-order chi connectivity index (χ1) is 9.16. The van der Waals surface area contributed by atoms with Crippen LogP contribution in [0.1, 0.15) is 37.7 Å². The second-order valence-electron chi connectivity index (χ2n) is 5.58. The summed E-state index contributed by atoms with van der Waals surface area (Å²) in [6.45, 7) is 0.854. The molecule has 0 spiro atoms. The molecule has 1 aromatic rings. The lowest BCUT2D eigenvalue weighted by molar-refractivity contribution is -0.129. The molecule has 1 aromatic carbocycles. The van der Waals surface area contributed by atoms with Crippen molar-refractivity contribution in [2.45, 2.75) is 38.5 Å². The number of hydrogen-bond acceptors (Lipinski definition) is 2. The van der Waals surface area contributed by atoms with E-state index >= 15 is 0 Å². The van der Waals surface area contributed by atoms with Crippen molar-refractivity contribution < 1.29 is 9.90 Å². The molecule has 0 heterocycles. The van der Waals surface area contributed by atoms with E-state index in [-0.39, 0.29) is 18.1 Å². The molecule has 0 radical (unpaired) electrons. The van der Waals surface area contributed by atoms with Gasteiger partial charge in [-0.1, -0.05) is 37.5 Å². The summed E-state index contributed by atoms with van der Waals surface area (Å²) in [5.74, 6) is 0.959. The molecule has 1 aliphatic rings. The van der Waals surface area contributed by atoms with E-state index in [1.807, 2.05) is 24.1 Å². The van der Waals surface area contributed by atoms with Crippen molar-refractivity contribution in [2.24, 2.45) is 5.92 Å². The number of benzene rings is 1. The zero-order valence-corrected chi connectivity index (χ0v) is 11.6. The third-order valence-corrected chi connectivity index (χ3v) is 4.02. The number of para-hydroxylation sites is 1. The lowest BCUT2D eigenvalue weighted by atomic mass is 9.89. The normalized spacial score (nSPS) is 16.3. The molecule has 0 bridgehead atoms. The van der Waals surface area contributed by atoms with Crippen molar-refractivity contribution in [1.29, 1.82) is 0 Å². The van der Waals surface area contributed by atoms with Crippen LogP contribution in [0.4, 0.5) is 0 Å². The molecule has 1 aliphatic carbocycles. The van der Waals surface area contributed by atoms with Gasteiger partial charge < -0.3 is 10.0 Å². The Balaban J connectivity index is 1.87. The first kappa shape index (κ1) is 13.9. The van der Waals surface area contributed by atoms with Gasteiger partial charge in [0.25, 0.3) is 0 Å². The fraction of sp³-hybridized carbons (Fsp3) is 0.562. The van der Waals surface area contributed by atoms with E-state index in [9.17, 15) is 9.90 Å². The zero-order chi connectivity index (χ0) is 13.7. The molecule has 0 aromatic heterocycles. The van der Waals surface area contributed by atoms with E-state index < -0.39 is 0 Å². The molecular weight excluding hydrogens is 238 g/mol. The molecule has 0 unspecified atom stereocenters. The van der Waals surface area contributed by atoms with E-state index in [1.165, 1.54) is 32.1 Å². The van der Waals surface area contributed by atoms with Crippen LogP contribution in [-0.2, 0) is 11.2 Å². The van der Waals surface area contributed by atoms with E-state index in [2.05, 4.69) is 0 Å². The minimum absolute atomic E-state index is 0.0899. The number of phenols is 1. The Kier molecular flexibility index (Phi) is 4.83. The van der Waals surface area contributed by atoms with Gasteiger partial charge in [-0.3, -0.25) is 4.79 Å². The number of phenolic OH excluding ortho intramolecular Hbond substituents is 1. The highest BCUT2D eigenvalue weighted by Gasteiger charge is 2.18. The standard InChI is InChI=1S/C16H23NO2/c1-17(12-13-7-3-2-4-8-13)16(19)11-14-9-5-6-10-15(14)18/h5-6,9-10,13,18H,2-4,7-8,11-12H2,1H3. The van der Waals surface area contributed by atoms with Gasteiger partial charge in [0.1, 0.15) is 5.75 Å². The van der Waals surface area contributed by atoms with E-state index in [1.54, 1.807) is 12.1 Å². The number of rotatable bonds is 4. The Morgan fingerprint density at radius 2 is 1.95 bits per heavy atom. The molecule has 19 heavy (non-hydrogen) atoms. The molecule has 104 valence electrons. The lowest BCUT2D eigenvalue weighted by Crippen LogP contribution is -2.33. The topological polar surface area (TPSA) is 40.5 Å². The molecule has 0 saturated heterocycles. The summed E-state index contributed by atoms with van der Waals surface area (Å²) in [5, 5.41) is 9.69. The summed E-state index contributed by atoms with van der Waals surface area (Å²) in [7, 11) is 1.87. The summed E-state index contributed by atoms with van der Waals surface area (Å²) in [6, 6.07) is 7.06. The summed E-state index contributed by atoms with van der Waals surface area (Å²) in [4.78, 5) is 14.0. The van der Waals surface area contributed by atoms with Gasteiger partial charge in [-0.2, -0.15) is 0 Å². The third-order valence-electron chi connectivity index (χ3n) is 4.02. The van der Waals surface area contributed by atoms with Crippen molar-refractivity contribution in [1.82, 2.24) is 4.90 Å². The summed E-state index contributed by atoms with van der Waals surface area (Å²) >= 11 is 0. The average Bonchev–Trinajstić information content (AvgIpc) is 2.42. The average molecular weight is 261 g/mol. The molecule has 3 heteroatoms. The summed E-state index contributed by atoms with van der Waals surface area (Å²) < 4.78 is 0. The van der Waals surface area contributed by atoms with Crippen LogP contribution in [0.2, 0.25) is 0 Å². The predicted molar refractivity (Wildman–Crippen MR) is 76.0 cm³/mol. The monoisotopic (exact) mass is 261 g/mol. The van der Waals surface area contributed by atoms with Gasteiger partial charge >= 0.3 is 0 Å². The van der Waals surface area contributed by atoms with Gasteiger partial charge in [0.05, 0.1) is 6.42 Å². The van der Waals surface area contributed by atoms with Crippen LogP contribution in [0.5, 0.6) is 5.75 Å². The number of nitrogens with zero attached hydrogens (tertiary/aromatic N) is 1. The smallest absolute Gasteiger partial charge is 0.226 e. The Hall–Kier alpha value is -1.51. The van der Waals surface area contributed by atoms with Crippen molar-refractivity contribution in [2.75, 3.05) is 13.6 Å². The predicted octanol–water partition coefficient (Wildman–Crippen LogP) is 2.97. The van der Waals surface area contributed by atoms with Crippen LogP contribution in [0.15, 0.2) is 24.3 Å². The first-order valence-corrected chi connectivity index (χ1v) is 7.17. The van der Waals surface area contributed by atoms with Gasteiger partial charge in [-0.25, -0.2) is 0 Å². The lowest BCUT2D eigenvalue weighted by Gasteiger charge is -2.27. The Bertz CT molecular complexity index is 425. The minimum Gasteiger partial charge on any atom is -0.508 e. The summed E-state index contributed by atoms with van der Waals surface area (Å²) in [6.07, 6.45) is 6.71. The number of hydrogen-bond donors (Lipinski definition) is 1. The second-order valence-corrected chi connectivity index (χ2v) is 5.58. The second kappa shape index (κ2) is 6.60. The van der Waals surface area contributed by atoms with E-state index in [0.29, 0.717) is 11.5 Å². The molecular formula is C16H23NO2. The van der Waals surface area contributed by atoms with Crippen molar-refractivity contribution in [3.05, 3.63) is 29.8 Å². The SMILES string of the molecule is CN(CC1CCCCC1)C(=O)Cc1ccccc1O. The number of carbonyl (C=O) groups is 1. The minimum atomic E-state index is 0.0899. The number of likely N-dealkylation sites (N-methyl/N-ethyl adjacent to an activating group) is 1. The molecule has 1 N–H and O–H groups in total. The van der Waals surface area contributed by atoms with Crippen LogP contribution >= 0.6 is 0 Å². The molecule has 0 aliphatic heterocycles. The molecule has 2 rings (SSSR count). The maximum absolute atomic E-state index is 12.2. The molecule has 0 atom stereocenters. The van der Waals surface area contributed by atoms with E-state index in [0.717, 1.165) is 6.54 Å². The van der Waals surface area contributed by atoms with Crippen molar-refractivity contribution in [3.63, 3.8) is 0 Å². The van der Waals surface area contributed by atoms with Crippen LogP contribution in [0, 0.1) is 5.92 Å². The quantitative estimate of drug-likeness (QED) is 0.905. The van der Waals surface area contributed by atoms with Crippen molar-refractivity contribution >= 4 is 5.91 Å². The summed E-state index contributed by atoms with van der Waals surface area (Å²) in [5.41, 5.74) is 0.711. The van der Waals surface area contributed by atoms with Gasteiger partial charge in [-0.15, -0.1) is 0 Å². The highest BCUT2D eigenvalue weighted by atomic mass is 16.3. The Labute approximate surface area is 115 Å². The number of amides is 1.